The molecule has 2 unspecified atom stereocenters. The Labute approximate surface area is 210 Å². The maximum absolute atomic E-state index is 13.8. The first-order valence-corrected chi connectivity index (χ1v) is 14.7. The zero-order valence-electron chi connectivity index (χ0n) is 20.2. The molecule has 35 heavy (non-hydrogen) atoms. The summed E-state index contributed by atoms with van der Waals surface area (Å²) in [6, 6.07) is 10.1. The lowest BCUT2D eigenvalue weighted by molar-refractivity contribution is 0.0960. The zero-order chi connectivity index (χ0) is 24.6. The number of fused-ring (bicyclic) bond motifs is 1. The quantitative estimate of drug-likeness (QED) is 0.394. The Hall–Kier alpha value is -1.94. The number of halogens is 1. The lowest BCUT2D eigenvalue weighted by atomic mass is 10.0. The number of thioether (sulfide) groups is 1. The van der Waals surface area contributed by atoms with E-state index >= 15 is 0 Å². The van der Waals surface area contributed by atoms with Crippen molar-refractivity contribution in [2.24, 2.45) is 5.92 Å². The molecule has 3 heterocycles. The van der Waals surface area contributed by atoms with Crippen molar-refractivity contribution in [3.05, 3.63) is 53.3 Å². The SMILES string of the molecule is Cc1ccc(F)cc1CSc1nc2cc(S(=O)(=O)N3CCCC(C)C3)ccc2n1CC1CCCO1. The largest absolute Gasteiger partial charge is 0.376 e. The number of hydrogen-bond acceptors (Lipinski definition) is 5. The van der Waals surface area contributed by atoms with E-state index < -0.39 is 10.0 Å². The van der Waals surface area contributed by atoms with E-state index in [9.17, 15) is 12.8 Å². The number of ether oxygens (including phenoxy) is 1. The van der Waals surface area contributed by atoms with E-state index in [1.54, 1.807) is 40.3 Å². The summed E-state index contributed by atoms with van der Waals surface area (Å²) in [6.45, 7) is 6.62. The molecule has 1 aromatic heterocycles. The normalized spacial score (nSPS) is 21.7. The van der Waals surface area contributed by atoms with E-state index in [1.165, 1.54) is 6.07 Å². The molecule has 9 heteroatoms. The second-order valence-electron chi connectivity index (χ2n) is 9.76. The lowest BCUT2D eigenvalue weighted by Crippen LogP contribution is -2.39. The van der Waals surface area contributed by atoms with Crippen LogP contribution in [0.2, 0.25) is 0 Å². The summed E-state index contributed by atoms with van der Waals surface area (Å²) in [4.78, 5) is 5.14. The number of aryl methyl sites for hydroxylation is 1. The van der Waals surface area contributed by atoms with Gasteiger partial charge in [0.1, 0.15) is 5.82 Å². The Bertz CT molecular complexity index is 1320. The van der Waals surface area contributed by atoms with Gasteiger partial charge in [-0.3, -0.25) is 0 Å². The third kappa shape index (κ3) is 5.28. The van der Waals surface area contributed by atoms with Gasteiger partial charge in [-0.25, -0.2) is 17.8 Å². The number of nitrogens with zero attached hydrogens (tertiary/aromatic N) is 3. The molecule has 3 aromatic rings. The Morgan fingerprint density at radius 2 is 2.03 bits per heavy atom. The molecule has 0 bridgehead atoms. The molecule has 0 amide bonds. The molecular formula is C26H32FN3O3S2. The predicted octanol–water partition coefficient (Wildman–Crippen LogP) is 5.38. The Kier molecular flexibility index (Phi) is 7.21. The van der Waals surface area contributed by atoms with Crippen molar-refractivity contribution >= 4 is 32.8 Å². The molecule has 0 saturated carbocycles. The van der Waals surface area contributed by atoms with E-state index in [0.717, 1.165) is 54.1 Å². The second kappa shape index (κ2) is 10.2. The van der Waals surface area contributed by atoms with Gasteiger partial charge < -0.3 is 9.30 Å². The molecule has 188 valence electrons. The first kappa shape index (κ1) is 24.7. The van der Waals surface area contributed by atoms with Gasteiger partial charge in [0, 0.05) is 25.4 Å². The molecule has 2 aromatic carbocycles. The fourth-order valence-corrected chi connectivity index (χ4v) is 7.68. The van der Waals surface area contributed by atoms with E-state index in [-0.39, 0.29) is 11.9 Å². The van der Waals surface area contributed by atoms with Crippen molar-refractivity contribution in [2.45, 2.75) is 68.0 Å². The summed E-state index contributed by atoms with van der Waals surface area (Å²) in [6.07, 6.45) is 4.09. The first-order chi connectivity index (χ1) is 16.8. The van der Waals surface area contributed by atoms with Gasteiger partial charge >= 0.3 is 0 Å². The minimum atomic E-state index is -3.57. The monoisotopic (exact) mass is 517 g/mol. The summed E-state index contributed by atoms with van der Waals surface area (Å²) < 4.78 is 50.2. The van der Waals surface area contributed by atoms with Gasteiger partial charge in [0.25, 0.3) is 0 Å². The topological polar surface area (TPSA) is 64.4 Å². The van der Waals surface area contributed by atoms with Crippen molar-refractivity contribution in [2.75, 3.05) is 19.7 Å². The van der Waals surface area contributed by atoms with Crippen LogP contribution in [0.4, 0.5) is 4.39 Å². The summed E-state index contributed by atoms with van der Waals surface area (Å²) in [7, 11) is -3.57. The van der Waals surface area contributed by atoms with Crippen LogP contribution in [-0.2, 0) is 27.1 Å². The number of piperidine rings is 1. The third-order valence-electron chi connectivity index (χ3n) is 7.02. The summed E-state index contributed by atoms with van der Waals surface area (Å²) in [5.74, 6) is 0.693. The van der Waals surface area contributed by atoms with Crippen molar-refractivity contribution in [1.29, 1.82) is 0 Å². The van der Waals surface area contributed by atoms with Crippen molar-refractivity contribution in [3.8, 4) is 0 Å². The smallest absolute Gasteiger partial charge is 0.243 e. The molecule has 2 fully saturated rings. The molecule has 0 radical (unpaired) electrons. The number of rotatable bonds is 7. The Morgan fingerprint density at radius 3 is 2.80 bits per heavy atom. The highest BCUT2D eigenvalue weighted by atomic mass is 32.2. The minimum absolute atomic E-state index is 0.112. The fourth-order valence-electron chi connectivity index (χ4n) is 4.98. The van der Waals surface area contributed by atoms with Crippen LogP contribution in [0, 0.1) is 18.7 Å². The maximum Gasteiger partial charge on any atom is 0.243 e. The van der Waals surface area contributed by atoms with E-state index in [1.807, 2.05) is 13.0 Å². The molecule has 2 atom stereocenters. The van der Waals surface area contributed by atoms with Crippen molar-refractivity contribution in [1.82, 2.24) is 13.9 Å². The molecule has 2 aliphatic rings. The van der Waals surface area contributed by atoms with Crippen LogP contribution in [0.5, 0.6) is 0 Å². The number of sulfonamides is 1. The summed E-state index contributed by atoms with van der Waals surface area (Å²) in [5.41, 5.74) is 3.51. The number of benzene rings is 2. The minimum Gasteiger partial charge on any atom is -0.376 e. The van der Waals surface area contributed by atoms with Gasteiger partial charge in [-0.05, 0) is 80.0 Å². The van der Waals surface area contributed by atoms with Gasteiger partial charge in [-0.2, -0.15) is 4.31 Å². The number of imidazole rings is 1. The second-order valence-corrected chi connectivity index (χ2v) is 12.6. The molecule has 2 aliphatic heterocycles. The van der Waals surface area contributed by atoms with Gasteiger partial charge in [-0.15, -0.1) is 0 Å². The third-order valence-corrected chi connectivity index (χ3v) is 9.91. The molecule has 0 N–H and O–H groups in total. The molecule has 6 nitrogen and oxygen atoms in total. The van der Waals surface area contributed by atoms with E-state index in [2.05, 4.69) is 11.5 Å². The fraction of sp³-hybridized carbons (Fsp3) is 0.500. The average molecular weight is 518 g/mol. The zero-order valence-corrected chi connectivity index (χ0v) is 21.9. The van der Waals surface area contributed by atoms with Gasteiger partial charge in [0.15, 0.2) is 5.16 Å². The Balaban J connectivity index is 1.48. The van der Waals surface area contributed by atoms with Crippen LogP contribution in [0.15, 0.2) is 46.5 Å². The van der Waals surface area contributed by atoms with Crippen LogP contribution in [0.25, 0.3) is 11.0 Å². The molecule has 0 spiro atoms. The van der Waals surface area contributed by atoms with Gasteiger partial charge in [-0.1, -0.05) is 24.8 Å². The standard InChI is InChI=1S/C26H32FN3O3S2/c1-18-5-3-11-29(15-18)35(31,32)23-9-10-25-24(14-23)28-26(30(25)16-22-6-4-12-33-22)34-17-20-13-21(27)8-7-19(20)2/h7-10,13-14,18,22H,3-6,11-12,15-17H2,1-2H3. The van der Waals surface area contributed by atoms with Gasteiger partial charge in [0.05, 0.1) is 28.6 Å². The molecule has 0 aliphatic carbocycles. The summed E-state index contributed by atoms with van der Waals surface area (Å²) in [5, 5.41) is 0.792. The average Bonchev–Trinajstić information content (AvgIpc) is 3.47. The van der Waals surface area contributed by atoms with Crippen LogP contribution < -0.4 is 0 Å². The predicted molar refractivity (Wildman–Crippen MR) is 137 cm³/mol. The first-order valence-electron chi connectivity index (χ1n) is 12.3. The van der Waals surface area contributed by atoms with Crippen LogP contribution in [0.3, 0.4) is 0 Å². The highest BCUT2D eigenvalue weighted by Gasteiger charge is 2.29. The Morgan fingerprint density at radius 1 is 1.17 bits per heavy atom. The number of hydrogen-bond donors (Lipinski definition) is 0. The van der Waals surface area contributed by atoms with Crippen LogP contribution in [0.1, 0.15) is 43.7 Å². The maximum atomic E-state index is 13.8. The molecular weight excluding hydrogens is 485 g/mol. The summed E-state index contributed by atoms with van der Waals surface area (Å²) >= 11 is 1.54. The van der Waals surface area contributed by atoms with Crippen molar-refractivity contribution in [3.63, 3.8) is 0 Å². The molecule has 5 rings (SSSR count). The van der Waals surface area contributed by atoms with E-state index in [4.69, 9.17) is 9.72 Å². The highest BCUT2D eigenvalue weighted by Crippen LogP contribution is 2.32. The van der Waals surface area contributed by atoms with Crippen LogP contribution in [-0.4, -0.2) is 48.1 Å². The molecule has 2 saturated heterocycles. The van der Waals surface area contributed by atoms with Gasteiger partial charge in [0.2, 0.25) is 10.0 Å². The number of aromatic nitrogens is 2. The van der Waals surface area contributed by atoms with Crippen LogP contribution >= 0.6 is 11.8 Å². The highest BCUT2D eigenvalue weighted by molar-refractivity contribution is 7.98. The van der Waals surface area contributed by atoms with E-state index in [0.29, 0.717) is 41.7 Å². The van der Waals surface area contributed by atoms with Crippen molar-refractivity contribution < 1.29 is 17.5 Å². The lowest BCUT2D eigenvalue weighted by Gasteiger charge is -2.30.